The Labute approximate surface area is 215 Å². The van der Waals surface area contributed by atoms with Crippen LogP contribution in [0, 0.1) is 13.8 Å². The molecule has 7 heteroatoms. The number of carbonyl (C=O) groups excluding carboxylic acids is 1. The molecule has 1 fully saturated rings. The lowest BCUT2D eigenvalue weighted by Crippen LogP contribution is -2.31. The van der Waals surface area contributed by atoms with Gasteiger partial charge in [-0.05, 0) is 92.6 Å². The minimum atomic E-state index is -0.00611. The standard InChI is InChI=1S/C29H30N4O2S/c1-5-32-19(2)16-22(20(32)3)17-27-28(34)33(15-14-21-18-30-26-9-7-6-8-25(21)26)29(36-27)31-23-10-12-24(35-4)13-11-23/h6-13,16-18,30H,5,14-15H2,1-4H3. The fourth-order valence-corrected chi connectivity index (χ4v) is 5.74. The maximum absolute atomic E-state index is 13.6. The van der Waals surface area contributed by atoms with Crippen LogP contribution in [0.5, 0.6) is 5.75 Å². The lowest BCUT2D eigenvalue weighted by atomic mass is 10.1. The highest BCUT2D eigenvalue weighted by Crippen LogP contribution is 2.35. The summed E-state index contributed by atoms with van der Waals surface area (Å²) in [5, 5.41) is 1.88. The van der Waals surface area contributed by atoms with Gasteiger partial charge in [-0.3, -0.25) is 9.69 Å². The van der Waals surface area contributed by atoms with Crippen molar-refractivity contribution in [2.75, 3.05) is 13.7 Å². The summed E-state index contributed by atoms with van der Waals surface area (Å²) in [6.45, 7) is 7.80. The summed E-state index contributed by atoms with van der Waals surface area (Å²) >= 11 is 1.44. The monoisotopic (exact) mass is 498 g/mol. The maximum Gasteiger partial charge on any atom is 0.266 e. The number of hydrogen-bond donors (Lipinski definition) is 1. The van der Waals surface area contributed by atoms with Crippen molar-refractivity contribution in [3.05, 3.63) is 88.2 Å². The van der Waals surface area contributed by atoms with Gasteiger partial charge in [0.2, 0.25) is 0 Å². The second kappa shape index (κ2) is 10.1. The third-order valence-electron chi connectivity index (χ3n) is 6.68. The summed E-state index contributed by atoms with van der Waals surface area (Å²) in [6.07, 6.45) is 4.78. The van der Waals surface area contributed by atoms with Crippen LogP contribution in [0.2, 0.25) is 0 Å². The Balaban J connectivity index is 1.47. The Kier molecular flexibility index (Phi) is 6.74. The van der Waals surface area contributed by atoms with Gasteiger partial charge in [-0.1, -0.05) is 18.2 Å². The number of carbonyl (C=O) groups is 1. The molecule has 0 saturated carbocycles. The number of aliphatic imine (C=N–C) groups is 1. The SMILES string of the molecule is CCn1c(C)cc(C=C2SC(=Nc3ccc(OC)cc3)N(CCc3c[nH]c4ccccc34)C2=O)c1C. The third-order valence-corrected chi connectivity index (χ3v) is 7.69. The number of ether oxygens (including phenoxy) is 1. The predicted molar refractivity (Wildman–Crippen MR) is 149 cm³/mol. The lowest BCUT2D eigenvalue weighted by Gasteiger charge is -2.15. The Morgan fingerprint density at radius 1 is 1.11 bits per heavy atom. The first-order valence-corrected chi connectivity index (χ1v) is 13.0. The van der Waals surface area contributed by atoms with E-state index in [1.165, 1.54) is 34.1 Å². The highest BCUT2D eigenvalue weighted by Gasteiger charge is 2.33. The van der Waals surface area contributed by atoms with E-state index in [0.29, 0.717) is 16.6 Å². The van der Waals surface area contributed by atoms with Gasteiger partial charge < -0.3 is 14.3 Å². The van der Waals surface area contributed by atoms with Crippen LogP contribution < -0.4 is 4.74 Å². The zero-order valence-corrected chi connectivity index (χ0v) is 21.9. The van der Waals surface area contributed by atoms with Crippen molar-refractivity contribution >= 4 is 45.5 Å². The van der Waals surface area contributed by atoms with Crippen LogP contribution in [0.1, 0.15) is 29.4 Å². The summed E-state index contributed by atoms with van der Waals surface area (Å²) in [4.78, 5) is 24.3. The van der Waals surface area contributed by atoms with Crippen LogP contribution in [0.15, 0.2) is 70.7 Å². The van der Waals surface area contributed by atoms with Gasteiger partial charge in [-0.25, -0.2) is 4.99 Å². The molecule has 0 unspecified atom stereocenters. The average molecular weight is 499 g/mol. The van der Waals surface area contributed by atoms with Gasteiger partial charge in [-0.2, -0.15) is 0 Å². The van der Waals surface area contributed by atoms with Crippen molar-refractivity contribution < 1.29 is 9.53 Å². The molecule has 0 radical (unpaired) electrons. The van der Waals surface area contributed by atoms with Crippen molar-refractivity contribution in [2.45, 2.75) is 33.7 Å². The molecule has 1 saturated heterocycles. The van der Waals surface area contributed by atoms with E-state index in [9.17, 15) is 4.79 Å². The Hall–Kier alpha value is -3.71. The van der Waals surface area contributed by atoms with Gasteiger partial charge in [0.1, 0.15) is 5.75 Å². The molecule has 1 aliphatic heterocycles. The molecule has 2 aromatic heterocycles. The molecule has 0 bridgehead atoms. The number of amidine groups is 1. The summed E-state index contributed by atoms with van der Waals surface area (Å²) in [5.41, 5.74) is 6.52. The van der Waals surface area contributed by atoms with E-state index >= 15 is 0 Å². The summed E-state index contributed by atoms with van der Waals surface area (Å²) < 4.78 is 7.54. The van der Waals surface area contributed by atoms with Crippen LogP contribution in [0.3, 0.4) is 0 Å². The van der Waals surface area contributed by atoms with Gasteiger partial charge in [0.05, 0.1) is 17.7 Å². The molecular weight excluding hydrogens is 468 g/mol. The Morgan fingerprint density at radius 3 is 2.61 bits per heavy atom. The number of aryl methyl sites for hydroxylation is 1. The predicted octanol–water partition coefficient (Wildman–Crippen LogP) is 6.46. The first-order chi connectivity index (χ1) is 17.5. The molecule has 1 aliphatic rings. The average Bonchev–Trinajstić information content (AvgIpc) is 3.52. The molecule has 3 heterocycles. The second-order valence-corrected chi connectivity index (χ2v) is 9.85. The number of hydrogen-bond acceptors (Lipinski definition) is 4. The number of benzene rings is 2. The van der Waals surface area contributed by atoms with Crippen molar-refractivity contribution in [3.8, 4) is 5.75 Å². The van der Waals surface area contributed by atoms with E-state index in [1.54, 1.807) is 7.11 Å². The zero-order chi connectivity index (χ0) is 25.2. The van der Waals surface area contributed by atoms with Gasteiger partial charge in [0.15, 0.2) is 5.17 Å². The largest absolute Gasteiger partial charge is 0.497 e. The number of methoxy groups -OCH3 is 1. The van der Waals surface area contributed by atoms with Crippen molar-refractivity contribution in [2.24, 2.45) is 4.99 Å². The molecule has 2 aromatic carbocycles. The first kappa shape index (κ1) is 24.0. The molecule has 6 nitrogen and oxygen atoms in total. The number of nitrogens with zero attached hydrogens (tertiary/aromatic N) is 3. The highest BCUT2D eigenvalue weighted by atomic mass is 32.2. The smallest absolute Gasteiger partial charge is 0.266 e. The number of fused-ring (bicyclic) bond motifs is 1. The molecule has 4 aromatic rings. The molecule has 1 N–H and O–H groups in total. The highest BCUT2D eigenvalue weighted by molar-refractivity contribution is 8.18. The molecule has 0 aliphatic carbocycles. The van der Waals surface area contributed by atoms with Gasteiger partial charge in [-0.15, -0.1) is 0 Å². The number of amides is 1. The second-order valence-electron chi connectivity index (χ2n) is 8.84. The zero-order valence-electron chi connectivity index (χ0n) is 21.0. The number of aromatic amines is 1. The molecule has 5 rings (SSSR count). The maximum atomic E-state index is 13.6. The fraction of sp³-hybridized carbons (Fsp3) is 0.241. The molecule has 1 amide bonds. The van der Waals surface area contributed by atoms with Crippen molar-refractivity contribution in [1.29, 1.82) is 0 Å². The number of rotatable bonds is 7. The number of aromatic nitrogens is 2. The van der Waals surface area contributed by atoms with Crippen LogP contribution in [0.4, 0.5) is 5.69 Å². The first-order valence-electron chi connectivity index (χ1n) is 12.1. The molecule has 184 valence electrons. The van der Waals surface area contributed by atoms with Crippen molar-refractivity contribution in [1.82, 2.24) is 14.5 Å². The summed E-state index contributed by atoms with van der Waals surface area (Å²) in [5.74, 6) is 0.769. The van der Waals surface area contributed by atoms with Gasteiger partial charge in [0, 0.05) is 41.6 Å². The number of nitrogens with one attached hydrogen (secondary N) is 1. The fourth-order valence-electron chi connectivity index (χ4n) is 4.73. The van der Waals surface area contributed by atoms with Gasteiger partial charge in [0.25, 0.3) is 5.91 Å². The summed E-state index contributed by atoms with van der Waals surface area (Å²) in [6, 6.07) is 18.0. The van der Waals surface area contributed by atoms with E-state index in [-0.39, 0.29) is 5.91 Å². The molecular formula is C29H30N4O2S. The van der Waals surface area contributed by atoms with Crippen molar-refractivity contribution in [3.63, 3.8) is 0 Å². The van der Waals surface area contributed by atoms with E-state index < -0.39 is 0 Å². The molecule has 36 heavy (non-hydrogen) atoms. The lowest BCUT2D eigenvalue weighted by molar-refractivity contribution is -0.122. The molecule has 0 spiro atoms. The van der Waals surface area contributed by atoms with Gasteiger partial charge >= 0.3 is 0 Å². The van der Waals surface area contributed by atoms with Crippen LogP contribution in [-0.2, 0) is 17.8 Å². The summed E-state index contributed by atoms with van der Waals surface area (Å²) in [7, 11) is 1.64. The Morgan fingerprint density at radius 2 is 1.89 bits per heavy atom. The topological polar surface area (TPSA) is 62.6 Å². The minimum absolute atomic E-state index is 0.00611. The quantitative estimate of drug-likeness (QED) is 0.297. The third kappa shape index (κ3) is 4.58. The van der Waals surface area contributed by atoms with E-state index in [2.05, 4.69) is 48.5 Å². The number of thioether (sulfide) groups is 1. The normalized spacial score (nSPS) is 16.1. The number of para-hydroxylation sites is 1. The van der Waals surface area contributed by atoms with Crippen LogP contribution >= 0.6 is 11.8 Å². The van der Waals surface area contributed by atoms with E-state index in [0.717, 1.165) is 35.5 Å². The van der Waals surface area contributed by atoms with Crippen LogP contribution in [-0.4, -0.2) is 39.2 Å². The number of H-pyrrole nitrogens is 1. The minimum Gasteiger partial charge on any atom is -0.497 e. The van der Waals surface area contributed by atoms with E-state index in [4.69, 9.17) is 9.73 Å². The Bertz CT molecular complexity index is 1480. The van der Waals surface area contributed by atoms with Crippen LogP contribution in [0.25, 0.3) is 17.0 Å². The molecule has 0 atom stereocenters. The van der Waals surface area contributed by atoms with E-state index in [1.807, 2.05) is 53.6 Å².